The molecule has 0 bridgehead atoms. The summed E-state index contributed by atoms with van der Waals surface area (Å²) in [5.74, 6) is 0. The third-order valence-electron chi connectivity index (χ3n) is 1.82. The van der Waals surface area contributed by atoms with Crippen LogP contribution in [0.15, 0.2) is 37.2 Å². The number of rotatable bonds is 4. The number of hydrogen-bond donors (Lipinski definition) is 1. The first-order valence-electron chi connectivity index (χ1n) is 4.11. The molecule has 64 valence electrons. The minimum absolute atomic E-state index is 0.117. The number of aromatic nitrogens is 1. The Balaban J connectivity index is 2.53. The molecule has 0 aliphatic carbocycles. The van der Waals surface area contributed by atoms with E-state index in [9.17, 15) is 0 Å². The molecule has 0 amide bonds. The first-order valence-corrected chi connectivity index (χ1v) is 4.11. The van der Waals surface area contributed by atoms with E-state index >= 15 is 0 Å². The van der Waals surface area contributed by atoms with Crippen LogP contribution in [0.2, 0.25) is 0 Å². The zero-order chi connectivity index (χ0) is 8.81. The molecule has 0 radical (unpaired) electrons. The van der Waals surface area contributed by atoms with Gasteiger partial charge in [0.2, 0.25) is 0 Å². The lowest BCUT2D eigenvalue weighted by atomic mass is 10.0. The summed E-state index contributed by atoms with van der Waals surface area (Å²) < 4.78 is 0. The summed E-state index contributed by atoms with van der Waals surface area (Å²) in [5.41, 5.74) is 7.05. The molecule has 2 nitrogen and oxygen atoms in total. The van der Waals surface area contributed by atoms with E-state index in [1.54, 1.807) is 12.4 Å². The molecule has 12 heavy (non-hydrogen) atoms. The van der Waals surface area contributed by atoms with Crippen LogP contribution in [0.25, 0.3) is 0 Å². The minimum Gasteiger partial charge on any atom is -0.324 e. The molecule has 0 spiro atoms. The molecule has 0 aromatic carbocycles. The number of allylic oxidation sites excluding steroid dienone is 1. The van der Waals surface area contributed by atoms with Gasteiger partial charge in [0.05, 0.1) is 0 Å². The fraction of sp³-hybridized carbons (Fsp3) is 0.300. The highest BCUT2D eigenvalue weighted by Gasteiger charge is 2.02. The van der Waals surface area contributed by atoms with Gasteiger partial charge in [-0.05, 0) is 30.5 Å². The summed E-state index contributed by atoms with van der Waals surface area (Å²) in [5, 5.41) is 0. The van der Waals surface area contributed by atoms with Crippen LogP contribution in [-0.4, -0.2) is 4.98 Å². The molecule has 1 heterocycles. The summed E-state index contributed by atoms with van der Waals surface area (Å²) in [4.78, 5) is 3.93. The van der Waals surface area contributed by atoms with Crippen LogP contribution in [0.5, 0.6) is 0 Å². The largest absolute Gasteiger partial charge is 0.324 e. The lowest BCUT2D eigenvalue weighted by Crippen LogP contribution is -2.09. The second kappa shape index (κ2) is 4.67. The predicted molar refractivity (Wildman–Crippen MR) is 50.6 cm³/mol. The molecule has 1 atom stereocenters. The van der Waals surface area contributed by atoms with Crippen LogP contribution in [0, 0.1) is 0 Å². The van der Waals surface area contributed by atoms with Gasteiger partial charge in [-0.25, -0.2) is 0 Å². The predicted octanol–water partition coefficient (Wildman–Crippen LogP) is 2.05. The maximum atomic E-state index is 5.91. The maximum Gasteiger partial charge on any atom is 0.0298 e. The highest BCUT2D eigenvalue weighted by molar-refractivity contribution is 5.14. The van der Waals surface area contributed by atoms with Gasteiger partial charge in [-0.15, -0.1) is 6.58 Å². The van der Waals surface area contributed by atoms with Crippen molar-refractivity contribution in [2.24, 2.45) is 5.73 Å². The molecule has 2 heteroatoms. The Bertz CT molecular complexity index is 231. The highest BCUT2D eigenvalue weighted by atomic mass is 14.6. The van der Waals surface area contributed by atoms with Gasteiger partial charge in [-0.3, -0.25) is 4.98 Å². The third kappa shape index (κ3) is 2.47. The summed E-state index contributed by atoms with van der Waals surface area (Å²) in [6.45, 7) is 3.66. The van der Waals surface area contributed by atoms with E-state index in [2.05, 4.69) is 11.6 Å². The van der Waals surface area contributed by atoms with Crippen LogP contribution < -0.4 is 5.73 Å². The zero-order valence-corrected chi connectivity index (χ0v) is 7.11. The van der Waals surface area contributed by atoms with Crippen LogP contribution in [0.3, 0.4) is 0 Å². The summed E-state index contributed by atoms with van der Waals surface area (Å²) >= 11 is 0. The van der Waals surface area contributed by atoms with Gasteiger partial charge in [0.15, 0.2) is 0 Å². The minimum atomic E-state index is 0.117. The normalized spacial score (nSPS) is 12.4. The first-order chi connectivity index (χ1) is 5.84. The van der Waals surface area contributed by atoms with Crippen LogP contribution in [0.1, 0.15) is 24.4 Å². The topological polar surface area (TPSA) is 38.9 Å². The van der Waals surface area contributed by atoms with Crippen molar-refractivity contribution in [1.82, 2.24) is 4.98 Å². The van der Waals surface area contributed by atoms with E-state index in [-0.39, 0.29) is 6.04 Å². The SMILES string of the molecule is C=CCC[C@@H](N)c1ccncc1. The van der Waals surface area contributed by atoms with Gasteiger partial charge in [0.25, 0.3) is 0 Å². The molecule has 0 saturated heterocycles. The standard InChI is InChI=1S/C10H14N2/c1-2-3-4-10(11)9-5-7-12-8-6-9/h2,5-8,10H,1,3-4,11H2/t10-/m1/s1. The van der Waals surface area contributed by atoms with Crippen molar-refractivity contribution in [3.63, 3.8) is 0 Å². The molecular formula is C10H14N2. The van der Waals surface area contributed by atoms with Crippen molar-refractivity contribution in [2.45, 2.75) is 18.9 Å². The van der Waals surface area contributed by atoms with E-state index in [0.717, 1.165) is 18.4 Å². The van der Waals surface area contributed by atoms with Gasteiger partial charge in [-0.1, -0.05) is 6.08 Å². The van der Waals surface area contributed by atoms with Crippen molar-refractivity contribution < 1.29 is 0 Å². The van der Waals surface area contributed by atoms with E-state index in [4.69, 9.17) is 5.73 Å². The zero-order valence-electron chi connectivity index (χ0n) is 7.11. The molecule has 0 unspecified atom stereocenters. The molecule has 2 N–H and O–H groups in total. The van der Waals surface area contributed by atoms with E-state index < -0.39 is 0 Å². The second-order valence-corrected chi connectivity index (χ2v) is 2.75. The highest BCUT2D eigenvalue weighted by Crippen LogP contribution is 2.13. The summed E-state index contributed by atoms with van der Waals surface area (Å²) in [6.07, 6.45) is 7.34. The van der Waals surface area contributed by atoms with Crippen molar-refractivity contribution in [1.29, 1.82) is 0 Å². The van der Waals surface area contributed by atoms with Crippen LogP contribution in [-0.2, 0) is 0 Å². The molecule has 0 fully saturated rings. The summed E-state index contributed by atoms with van der Waals surface area (Å²) in [7, 11) is 0. The van der Waals surface area contributed by atoms with E-state index in [0.29, 0.717) is 0 Å². The second-order valence-electron chi connectivity index (χ2n) is 2.75. The van der Waals surface area contributed by atoms with Crippen molar-refractivity contribution in [2.75, 3.05) is 0 Å². The number of pyridine rings is 1. The van der Waals surface area contributed by atoms with Gasteiger partial charge in [0.1, 0.15) is 0 Å². The lowest BCUT2D eigenvalue weighted by Gasteiger charge is -2.09. The molecule has 0 saturated carbocycles. The molecule has 0 aliphatic heterocycles. The van der Waals surface area contributed by atoms with Gasteiger partial charge >= 0.3 is 0 Å². The quantitative estimate of drug-likeness (QED) is 0.688. The van der Waals surface area contributed by atoms with Gasteiger partial charge < -0.3 is 5.73 Å². The van der Waals surface area contributed by atoms with Crippen LogP contribution >= 0.6 is 0 Å². The smallest absolute Gasteiger partial charge is 0.0298 e. The van der Waals surface area contributed by atoms with E-state index in [1.165, 1.54) is 0 Å². The van der Waals surface area contributed by atoms with Crippen molar-refractivity contribution in [3.8, 4) is 0 Å². The van der Waals surface area contributed by atoms with Crippen LogP contribution in [0.4, 0.5) is 0 Å². The van der Waals surface area contributed by atoms with Gasteiger partial charge in [-0.2, -0.15) is 0 Å². The number of hydrogen-bond acceptors (Lipinski definition) is 2. The molecule has 0 aliphatic rings. The Kier molecular flexibility index (Phi) is 3.48. The monoisotopic (exact) mass is 162 g/mol. The number of nitrogens with zero attached hydrogens (tertiary/aromatic N) is 1. The Morgan fingerprint density at radius 3 is 2.75 bits per heavy atom. The fourth-order valence-corrected chi connectivity index (χ4v) is 1.07. The van der Waals surface area contributed by atoms with Crippen molar-refractivity contribution in [3.05, 3.63) is 42.7 Å². The first kappa shape index (κ1) is 8.94. The maximum absolute atomic E-state index is 5.91. The third-order valence-corrected chi connectivity index (χ3v) is 1.82. The fourth-order valence-electron chi connectivity index (χ4n) is 1.07. The molecular weight excluding hydrogens is 148 g/mol. The molecule has 1 rings (SSSR count). The lowest BCUT2D eigenvalue weighted by molar-refractivity contribution is 0.660. The number of nitrogens with two attached hydrogens (primary N) is 1. The Morgan fingerprint density at radius 1 is 1.50 bits per heavy atom. The Labute approximate surface area is 73.1 Å². The van der Waals surface area contributed by atoms with Gasteiger partial charge in [0, 0.05) is 18.4 Å². The Hall–Kier alpha value is -1.15. The average molecular weight is 162 g/mol. The van der Waals surface area contributed by atoms with E-state index in [1.807, 2.05) is 18.2 Å². The average Bonchev–Trinajstić information content (AvgIpc) is 2.15. The summed E-state index contributed by atoms with van der Waals surface area (Å²) in [6, 6.07) is 4.02. The van der Waals surface area contributed by atoms with Crippen molar-refractivity contribution >= 4 is 0 Å². The Morgan fingerprint density at radius 2 is 2.17 bits per heavy atom. The molecule has 1 aromatic heterocycles. The molecule has 1 aromatic rings.